The first-order valence-electron chi connectivity index (χ1n) is 2.59. The van der Waals surface area contributed by atoms with Crippen LogP contribution in [-0.2, 0) is 4.79 Å². The maximum atomic E-state index is 10.3. The predicted molar refractivity (Wildman–Crippen MR) is 36.1 cm³/mol. The highest BCUT2D eigenvalue weighted by atomic mass is 16.5. The molecule has 0 fully saturated rings. The molecular weight excluding hydrogens is 118 g/mol. The fourth-order valence-corrected chi connectivity index (χ4v) is 0.416. The third-order valence-electron chi connectivity index (χ3n) is 0.718. The van der Waals surface area contributed by atoms with Gasteiger partial charge in [0, 0.05) is 6.42 Å². The van der Waals surface area contributed by atoms with Crippen LogP contribution in [0, 0.1) is 5.92 Å². The highest BCUT2D eigenvalue weighted by molar-refractivity contribution is 5.74. The van der Waals surface area contributed by atoms with Gasteiger partial charge in [-0.1, -0.05) is 21.3 Å². The highest BCUT2D eigenvalue weighted by Crippen LogP contribution is 1.96. The minimum atomic E-state index is -0.319. The summed E-state index contributed by atoms with van der Waals surface area (Å²) in [5.41, 5.74) is 1.56. The summed E-state index contributed by atoms with van der Waals surface area (Å²) in [6.07, 6.45) is 0.385. The van der Waals surface area contributed by atoms with Crippen molar-refractivity contribution >= 4 is 5.91 Å². The van der Waals surface area contributed by atoms with Crippen LogP contribution in [0.2, 0.25) is 0 Å². The normalized spacial score (nSPS) is 8.44. The van der Waals surface area contributed by atoms with Crippen LogP contribution in [-0.4, -0.2) is 11.1 Å². The van der Waals surface area contributed by atoms with Crippen molar-refractivity contribution in [1.29, 1.82) is 0 Å². The fraction of sp³-hybridized carbons (Fsp3) is 0.833. The summed E-state index contributed by atoms with van der Waals surface area (Å²) >= 11 is 0. The molecule has 0 aliphatic rings. The molecule has 0 aliphatic carbocycles. The van der Waals surface area contributed by atoms with Gasteiger partial charge in [0.05, 0.1) is 0 Å². The minimum absolute atomic E-state index is 0. The Morgan fingerprint density at radius 1 is 1.67 bits per heavy atom. The molecule has 0 spiro atoms. The monoisotopic (exact) mass is 133 g/mol. The number of carbonyl (C=O) groups excluding carboxylic acids is 1. The molecule has 9 heavy (non-hydrogen) atoms. The number of nitrogens with one attached hydrogen (secondary N) is 1. The van der Waals surface area contributed by atoms with Gasteiger partial charge in [-0.25, -0.2) is 5.48 Å². The molecule has 56 valence electrons. The van der Waals surface area contributed by atoms with E-state index in [2.05, 4.69) is 0 Å². The summed E-state index contributed by atoms with van der Waals surface area (Å²) in [7, 11) is 0. The van der Waals surface area contributed by atoms with Gasteiger partial charge < -0.3 is 0 Å². The van der Waals surface area contributed by atoms with Crippen molar-refractivity contribution in [2.45, 2.75) is 27.7 Å². The topological polar surface area (TPSA) is 49.3 Å². The van der Waals surface area contributed by atoms with E-state index in [-0.39, 0.29) is 13.3 Å². The minimum Gasteiger partial charge on any atom is -0.289 e. The molecule has 0 aromatic heterocycles. The number of hydrogen-bond acceptors (Lipinski definition) is 2. The summed E-state index contributed by atoms with van der Waals surface area (Å²) < 4.78 is 0. The molecule has 0 rings (SSSR count). The van der Waals surface area contributed by atoms with Gasteiger partial charge in [-0.2, -0.15) is 0 Å². The van der Waals surface area contributed by atoms with Gasteiger partial charge in [-0.15, -0.1) is 0 Å². The van der Waals surface area contributed by atoms with Gasteiger partial charge in [-0.05, 0) is 5.92 Å². The van der Waals surface area contributed by atoms with Gasteiger partial charge in [0.15, 0.2) is 0 Å². The molecule has 0 radical (unpaired) electrons. The lowest BCUT2D eigenvalue weighted by atomic mass is 10.1. The first-order chi connectivity index (χ1) is 3.66. The molecule has 0 aromatic carbocycles. The first-order valence-corrected chi connectivity index (χ1v) is 2.59. The quantitative estimate of drug-likeness (QED) is 0.439. The standard InChI is InChI=1S/C5H11NO2.CH4/c1-4(2)3-5(7)6-8;/h4,8H,3H2,1-2H3,(H,6,7);1H4. The van der Waals surface area contributed by atoms with Crippen LogP contribution >= 0.6 is 0 Å². The zero-order valence-corrected chi connectivity index (χ0v) is 5.14. The lowest BCUT2D eigenvalue weighted by molar-refractivity contribution is -0.129. The average Bonchev–Trinajstić information content (AvgIpc) is 1.65. The van der Waals surface area contributed by atoms with Crippen LogP contribution in [0.4, 0.5) is 0 Å². The van der Waals surface area contributed by atoms with E-state index < -0.39 is 0 Å². The number of amides is 1. The van der Waals surface area contributed by atoms with Crippen molar-refractivity contribution < 1.29 is 10.0 Å². The van der Waals surface area contributed by atoms with Crippen LogP contribution in [0.25, 0.3) is 0 Å². The molecule has 0 aliphatic heterocycles. The Bertz CT molecular complexity index is 81.1. The Morgan fingerprint density at radius 3 is 2.22 bits per heavy atom. The molecule has 0 bridgehead atoms. The lowest BCUT2D eigenvalue weighted by Crippen LogP contribution is -2.19. The van der Waals surface area contributed by atoms with Gasteiger partial charge in [0.2, 0.25) is 5.91 Å². The molecule has 0 saturated heterocycles. The Balaban J connectivity index is 0. The predicted octanol–water partition coefficient (Wildman–Crippen LogP) is 1.17. The van der Waals surface area contributed by atoms with Crippen LogP contribution in [0.15, 0.2) is 0 Å². The zero-order chi connectivity index (χ0) is 6.57. The molecule has 3 nitrogen and oxygen atoms in total. The summed E-state index contributed by atoms with van der Waals surface area (Å²) in [6, 6.07) is 0. The number of rotatable bonds is 2. The summed E-state index contributed by atoms with van der Waals surface area (Å²) in [6.45, 7) is 3.82. The second-order valence-electron chi connectivity index (χ2n) is 2.13. The van der Waals surface area contributed by atoms with Crippen molar-refractivity contribution in [1.82, 2.24) is 5.48 Å². The van der Waals surface area contributed by atoms with Gasteiger partial charge in [0.25, 0.3) is 0 Å². The fourth-order valence-electron chi connectivity index (χ4n) is 0.416. The van der Waals surface area contributed by atoms with Crippen molar-refractivity contribution in [3.63, 3.8) is 0 Å². The Morgan fingerprint density at radius 2 is 2.11 bits per heavy atom. The molecule has 0 atom stereocenters. The number of hydroxylamine groups is 1. The third-order valence-corrected chi connectivity index (χ3v) is 0.718. The largest absolute Gasteiger partial charge is 0.289 e. The Hall–Kier alpha value is -0.570. The van der Waals surface area contributed by atoms with E-state index in [4.69, 9.17) is 5.21 Å². The zero-order valence-electron chi connectivity index (χ0n) is 5.14. The van der Waals surface area contributed by atoms with Crippen LogP contribution in [0.1, 0.15) is 27.7 Å². The van der Waals surface area contributed by atoms with Crippen molar-refractivity contribution in [2.75, 3.05) is 0 Å². The van der Waals surface area contributed by atoms with E-state index in [1.807, 2.05) is 13.8 Å². The second kappa shape index (κ2) is 5.56. The van der Waals surface area contributed by atoms with E-state index in [0.717, 1.165) is 0 Å². The molecule has 1 amide bonds. The summed E-state index contributed by atoms with van der Waals surface area (Å²) in [4.78, 5) is 10.3. The molecule has 0 saturated carbocycles. The van der Waals surface area contributed by atoms with E-state index in [9.17, 15) is 4.79 Å². The first kappa shape index (κ1) is 11.3. The number of hydrogen-bond donors (Lipinski definition) is 2. The Kier molecular flexibility index (Phi) is 6.96. The van der Waals surface area contributed by atoms with Crippen LogP contribution < -0.4 is 5.48 Å². The van der Waals surface area contributed by atoms with Crippen LogP contribution in [0.5, 0.6) is 0 Å². The van der Waals surface area contributed by atoms with Gasteiger partial charge >= 0.3 is 0 Å². The molecule has 3 heteroatoms. The second-order valence-corrected chi connectivity index (χ2v) is 2.13. The van der Waals surface area contributed by atoms with E-state index in [1.165, 1.54) is 0 Å². The molecular formula is C6H15NO2. The summed E-state index contributed by atoms with van der Waals surface area (Å²) in [5, 5.41) is 7.98. The molecule has 0 unspecified atom stereocenters. The van der Waals surface area contributed by atoms with E-state index in [1.54, 1.807) is 5.48 Å². The molecule has 0 aromatic rings. The highest BCUT2D eigenvalue weighted by Gasteiger charge is 2.00. The maximum absolute atomic E-state index is 10.3. The SMILES string of the molecule is C.CC(C)CC(=O)NO. The van der Waals surface area contributed by atoms with Crippen molar-refractivity contribution in [3.8, 4) is 0 Å². The smallest absolute Gasteiger partial charge is 0.243 e. The van der Waals surface area contributed by atoms with E-state index >= 15 is 0 Å². The van der Waals surface area contributed by atoms with E-state index in [0.29, 0.717) is 12.3 Å². The Labute approximate surface area is 56.0 Å². The van der Waals surface area contributed by atoms with Gasteiger partial charge in [0.1, 0.15) is 0 Å². The van der Waals surface area contributed by atoms with Crippen LogP contribution in [0.3, 0.4) is 0 Å². The lowest BCUT2D eigenvalue weighted by Gasteiger charge is -1.99. The van der Waals surface area contributed by atoms with Crippen molar-refractivity contribution in [3.05, 3.63) is 0 Å². The summed E-state index contributed by atoms with van der Waals surface area (Å²) in [5.74, 6) is -0.0119. The average molecular weight is 133 g/mol. The van der Waals surface area contributed by atoms with Gasteiger partial charge in [-0.3, -0.25) is 10.0 Å². The number of carbonyl (C=O) groups is 1. The van der Waals surface area contributed by atoms with Crippen molar-refractivity contribution in [2.24, 2.45) is 5.92 Å². The maximum Gasteiger partial charge on any atom is 0.243 e. The third kappa shape index (κ3) is 7.43. The molecule has 2 N–H and O–H groups in total. The molecule has 0 heterocycles.